The Hall–Kier alpha value is -3.14. The van der Waals surface area contributed by atoms with Crippen LogP contribution in [0.25, 0.3) is 12.2 Å². The minimum Gasteiger partial charge on any atom is -0.352 e. The van der Waals surface area contributed by atoms with Crippen LogP contribution >= 0.6 is 0 Å². The SMILES string of the molecule is CC(C)(CNC(=O)C=Cc1ccccc1)CNC(=O)C=Cc1ccccc1. The van der Waals surface area contributed by atoms with E-state index in [9.17, 15) is 9.59 Å². The highest BCUT2D eigenvalue weighted by Crippen LogP contribution is 2.12. The van der Waals surface area contributed by atoms with Gasteiger partial charge < -0.3 is 10.6 Å². The predicted molar refractivity (Wildman–Crippen MR) is 111 cm³/mol. The molecule has 140 valence electrons. The van der Waals surface area contributed by atoms with Gasteiger partial charge in [0.1, 0.15) is 0 Å². The van der Waals surface area contributed by atoms with Gasteiger partial charge in [0.25, 0.3) is 0 Å². The van der Waals surface area contributed by atoms with Gasteiger partial charge in [-0.25, -0.2) is 0 Å². The predicted octanol–water partition coefficient (Wildman–Crippen LogP) is 3.67. The molecule has 2 rings (SSSR count). The second kappa shape index (κ2) is 10.1. The third-order valence-electron chi connectivity index (χ3n) is 3.94. The van der Waals surface area contributed by atoms with Gasteiger partial charge in [0.05, 0.1) is 0 Å². The maximum atomic E-state index is 12.0. The normalized spacial score (nSPS) is 11.6. The lowest BCUT2D eigenvalue weighted by Crippen LogP contribution is -2.41. The molecule has 27 heavy (non-hydrogen) atoms. The highest BCUT2D eigenvalue weighted by Gasteiger charge is 2.19. The fourth-order valence-electron chi connectivity index (χ4n) is 2.31. The van der Waals surface area contributed by atoms with Crippen LogP contribution in [0, 0.1) is 5.41 Å². The van der Waals surface area contributed by atoms with Crippen LogP contribution in [0.1, 0.15) is 25.0 Å². The minimum atomic E-state index is -0.257. The second-order valence-corrected chi connectivity index (χ2v) is 7.09. The molecule has 0 fully saturated rings. The molecule has 2 aromatic rings. The summed E-state index contributed by atoms with van der Waals surface area (Å²) in [5.74, 6) is -0.301. The molecule has 0 atom stereocenters. The van der Waals surface area contributed by atoms with Gasteiger partial charge in [-0.3, -0.25) is 9.59 Å². The van der Waals surface area contributed by atoms with E-state index in [-0.39, 0.29) is 17.2 Å². The van der Waals surface area contributed by atoms with E-state index in [4.69, 9.17) is 0 Å². The van der Waals surface area contributed by atoms with E-state index in [0.717, 1.165) is 11.1 Å². The topological polar surface area (TPSA) is 58.2 Å². The Labute approximate surface area is 161 Å². The smallest absolute Gasteiger partial charge is 0.244 e. The van der Waals surface area contributed by atoms with Crippen LogP contribution in [0.4, 0.5) is 0 Å². The molecule has 0 heterocycles. The number of hydrogen-bond donors (Lipinski definition) is 2. The van der Waals surface area contributed by atoms with Crippen molar-refractivity contribution in [2.75, 3.05) is 13.1 Å². The molecule has 0 spiro atoms. The van der Waals surface area contributed by atoms with E-state index in [2.05, 4.69) is 10.6 Å². The van der Waals surface area contributed by atoms with Gasteiger partial charge in [-0.05, 0) is 28.7 Å². The molecule has 0 aliphatic carbocycles. The van der Waals surface area contributed by atoms with Crippen molar-refractivity contribution in [1.82, 2.24) is 10.6 Å². The lowest BCUT2D eigenvalue weighted by Gasteiger charge is -2.24. The van der Waals surface area contributed by atoms with Crippen molar-refractivity contribution in [2.45, 2.75) is 13.8 Å². The first-order chi connectivity index (χ1) is 12.9. The van der Waals surface area contributed by atoms with E-state index in [1.165, 1.54) is 12.2 Å². The van der Waals surface area contributed by atoms with Crippen LogP contribution in [-0.2, 0) is 9.59 Å². The van der Waals surface area contributed by atoms with Gasteiger partial charge in [-0.15, -0.1) is 0 Å². The van der Waals surface area contributed by atoms with Gasteiger partial charge in [0.2, 0.25) is 11.8 Å². The summed E-state index contributed by atoms with van der Waals surface area (Å²) in [5.41, 5.74) is 1.70. The molecule has 4 heteroatoms. The number of rotatable bonds is 8. The zero-order valence-corrected chi connectivity index (χ0v) is 15.8. The molecule has 2 aromatic carbocycles. The van der Waals surface area contributed by atoms with Crippen LogP contribution < -0.4 is 10.6 Å². The van der Waals surface area contributed by atoms with Crippen LogP contribution in [0.5, 0.6) is 0 Å². The highest BCUT2D eigenvalue weighted by atomic mass is 16.2. The van der Waals surface area contributed by atoms with E-state index in [0.29, 0.717) is 13.1 Å². The summed E-state index contributed by atoms with van der Waals surface area (Å²) in [6.07, 6.45) is 6.59. The van der Waals surface area contributed by atoms with Crippen LogP contribution in [-0.4, -0.2) is 24.9 Å². The Morgan fingerprint density at radius 1 is 0.741 bits per heavy atom. The summed E-state index contributed by atoms with van der Waals surface area (Å²) < 4.78 is 0. The van der Waals surface area contributed by atoms with Crippen molar-refractivity contribution in [3.8, 4) is 0 Å². The molecule has 0 unspecified atom stereocenters. The fraction of sp³-hybridized carbons (Fsp3) is 0.217. The van der Waals surface area contributed by atoms with Gasteiger partial charge >= 0.3 is 0 Å². The summed E-state index contributed by atoms with van der Waals surface area (Å²) >= 11 is 0. The zero-order chi connectivity index (χ0) is 19.5. The van der Waals surface area contributed by atoms with Crippen molar-refractivity contribution in [1.29, 1.82) is 0 Å². The molecule has 0 aliphatic heterocycles. The molecule has 0 aromatic heterocycles. The monoisotopic (exact) mass is 362 g/mol. The Morgan fingerprint density at radius 2 is 1.11 bits per heavy atom. The Kier molecular flexibility index (Phi) is 7.56. The number of amides is 2. The molecule has 0 saturated heterocycles. The molecule has 2 N–H and O–H groups in total. The molecule has 0 aliphatic rings. The molecular formula is C23H26N2O2. The van der Waals surface area contributed by atoms with Crippen molar-refractivity contribution in [3.63, 3.8) is 0 Å². The van der Waals surface area contributed by atoms with E-state index in [1.807, 2.05) is 74.5 Å². The molecule has 4 nitrogen and oxygen atoms in total. The lowest BCUT2D eigenvalue weighted by molar-refractivity contribution is -0.116. The first-order valence-corrected chi connectivity index (χ1v) is 8.97. The number of nitrogens with one attached hydrogen (secondary N) is 2. The minimum absolute atomic E-state index is 0.151. The fourth-order valence-corrected chi connectivity index (χ4v) is 2.31. The van der Waals surface area contributed by atoms with Gasteiger partial charge in [0.15, 0.2) is 0 Å². The van der Waals surface area contributed by atoms with Crippen molar-refractivity contribution in [3.05, 3.63) is 83.9 Å². The summed E-state index contributed by atoms with van der Waals surface area (Å²) in [7, 11) is 0. The van der Waals surface area contributed by atoms with Crippen LogP contribution in [0.2, 0.25) is 0 Å². The first-order valence-electron chi connectivity index (χ1n) is 8.97. The van der Waals surface area contributed by atoms with Crippen molar-refractivity contribution >= 4 is 24.0 Å². The standard InChI is InChI=1S/C23H26N2O2/c1-23(2,17-24-21(26)15-13-19-9-5-3-6-10-19)18-25-22(27)16-14-20-11-7-4-8-12-20/h3-16H,17-18H2,1-2H3,(H,24,26)(H,25,27). The van der Waals surface area contributed by atoms with Gasteiger partial charge in [-0.2, -0.15) is 0 Å². The largest absolute Gasteiger partial charge is 0.352 e. The van der Waals surface area contributed by atoms with E-state index in [1.54, 1.807) is 12.2 Å². The molecular weight excluding hydrogens is 336 g/mol. The van der Waals surface area contributed by atoms with Crippen LogP contribution in [0.3, 0.4) is 0 Å². The Morgan fingerprint density at radius 3 is 1.48 bits per heavy atom. The van der Waals surface area contributed by atoms with Gasteiger partial charge in [0, 0.05) is 25.2 Å². The van der Waals surface area contributed by atoms with Crippen molar-refractivity contribution in [2.24, 2.45) is 5.41 Å². The quantitative estimate of drug-likeness (QED) is 0.704. The zero-order valence-electron chi connectivity index (χ0n) is 15.8. The number of carbonyl (C=O) groups excluding carboxylic acids is 2. The molecule has 2 amide bonds. The van der Waals surface area contributed by atoms with Crippen molar-refractivity contribution < 1.29 is 9.59 Å². The number of benzene rings is 2. The highest BCUT2D eigenvalue weighted by molar-refractivity contribution is 5.92. The first kappa shape index (κ1) is 20.2. The average molecular weight is 362 g/mol. The second-order valence-electron chi connectivity index (χ2n) is 7.09. The third-order valence-corrected chi connectivity index (χ3v) is 3.94. The van der Waals surface area contributed by atoms with E-state index < -0.39 is 0 Å². The molecule has 0 bridgehead atoms. The Balaban J connectivity index is 1.74. The third kappa shape index (κ3) is 8.19. The maximum absolute atomic E-state index is 12.0. The molecule has 0 radical (unpaired) electrons. The summed E-state index contributed by atoms with van der Waals surface area (Å²) in [5, 5.41) is 5.76. The van der Waals surface area contributed by atoms with E-state index >= 15 is 0 Å². The summed E-state index contributed by atoms with van der Waals surface area (Å²) in [4.78, 5) is 23.9. The summed E-state index contributed by atoms with van der Waals surface area (Å²) in [6.45, 7) is 4.92. The average Bonchev–Trinajstić information content (AvgIpc) is 2.69. The lowest BCUT2D eigenvalue weighted by atomic mass is 9.93. The van der Waals surface area contributed by atoms with Gasteiger partial charge in [-0.1, -0.05) is 74.5 Å². The summed E-state index contributed by atoms with van der Waals surface area (Å²) in [6, 6.07) is 19.3. The number of carbonyl (C=O) groups is 2. The maximum Gasteiger partial charge on any atom is 0.244 e. The van der Waals surface area contributed by atoms with Crippen LogP contribution in [0.15, 0.2) is 72.8 Å². The number of hydrogen-bond acceptors (Lipinski definition) is 2. The Bertz CT molecular complexity index is 726. The molecule has 0 saturated carbocycles.